The fourth-order valence-electron chi connectivity index (χ4n) is 3.44. The Morgan fingerprint density at radius 1 is 1.26 bits per heavy atom. The van der Waals surface area contributed by atoms with Crippen LogP contribution in [0.5, 0.6) is 11.5 Å². The molecule has 1 aromatic heterocycles. The second-order valence-corrected chi connectivity index (χ2v) is 6.84. The van der Waals surface area contributed by atoms with Gasteiger partial charge in [0.05, 0.1) is 5.69 Å². The first-order chi connectivity index (χ1) is 12.5. The molecule has 0 aliphatic carbocycles. The lowest BCUT2D eigenvalue weighted by Gasteiger charge is -2.36. The number of aromatic hydroxyl groups is 2. The minimum absolute atomic E-state index is 0. The summed E-state index contributed by atoms with van der Waals surface area (Å²) in [4.78, 5) is 21.3. The summed E-state index contributed by atoms with van der Waals surface area (Å²) in [6.07, 6.45) is 6.26. The highest BCUT2D eigenvalue weighted by Gasteiger charge is 2.26. The Labute approximate surface area is 170 Å². The number of hydrogen-bond donors (Lipinski definition) is 2. The van der Waals surface area contributed by atoms with Crippen LogP contribution in [0.2, 0.25) is 0 Å². The molecule has 2 N–H and O–H groups in total. The van der Waals surface area contributed by atoms with Gasteiger partial charge in [0, 0.05) is 37.9 Å². The highest BCUT2D eigenvalue weighted by Crippen LogP contribution is 2.29. The van der Waals surface area contributed by atoms with Gasteiger partial charge >= 0.3 is 6.03 Å². The molecule has 0 saturated carbocycles. The summed E-state index contributed by atoms with van der Waals surface area (Å²) < 4.78 is 1.47. The molecule has 0 spiro atoms. The van der Waals surface area contributed by atoms with Crippen molar-refractivity contribution in [1.82, 2.24) is 19.4 Å². The number of carbonyl (C=O) groups excluding carboxylic acids is 1. The molecule has 27 heavy (non-hydrogen) atoms. The lowest BCUT2D eigenvalue weighted by atomic mass is 10.0. The fourth-order valence-corrected chi connectivity index (χ4v) is 3.44. The topological polar surface area (TPSA) is 81.8 Å². The van der Waals surface area contributed by atoms with Crippen LogP contribution in [0, 0.1) is 0 Å². The molecule has 1 aromatic carbocycles. The Balaban J connectivity index is 0.00000261. The van der Waals surface area contributed by atoms with Crippen LogP contribution < -0.4 is 0 Å². The highest BCUT2D eigenvalue weighted by molar-refractivity contribution is 8.93. The van der Waals surface area contributed by atoms with Crippen LogP contribution >= 0.6 is 17.0 Å². The number of nitrogens with zero attached hydrogens (tertiary/aromatic N) is 4. The average Bonchev–Trinajstić information content (AvgIpc) is 3.14. The van der Waals surface area contributed by atoms with E-state index in [1.807, 2.05) is 7.05 Å². The van der Waals surface area contributed by atoms with E-state index in [0.717, 1.165) is 38.9 Å². The predicted octanol–water partition coefficient (Wildman–Crippen LogP) is 3.31. The molecule has 1 fully saturated rings. The van der Waals surface area contributed by atoms with E-state index in [0.29, 0.717) is 11.3 Å². The van der Waals surface area contributed by atoms with Crippen LogP contribution in [0.15, 0.2) is 30.7 Å². The molecule has 2 aromatic rings. The van der Waals surface area contributed by atoms with E-state index in [9.17, 15) is 15.0 Å². The number of amides is 1. The molecule has 8 heteroatoms. The quantitative estimate of drug-likeness (QED) is 0.715. The van der Waals surface area contributed by atoms with Crippen LogP contribution in [-0.4, -0.2) is 68.3 Å². The van der Waals surface area contributed by atoms with E-state index in [2.05, 4.69) is 16.8 Å². The number of likely N-dealkylation sites (tertiary alicyclic amines) is 1. The van der Waals surface area contributed by atoms with Crippen LogP contribution in [0.3, 0.4) is 0 Å². The molecule has 148 valence electrons. The van der Waals surface area contributed by atoms with Gasteiger partial charge in [-0.05, 0) is 44.0 Å². The predicted molar refractivity (Wildman–Crippen MR) is 110 cm³/mol. The standard InChI is InChI=1S/C19H26N4O3.BrH/c1-3-8-22-9-6-15(7-10-22)21(2)19(26)23-12-16(20-13-23)14-4-5-17(24)18(25)11-14;/h4-5,11-13,15,24-25H,3,6-10H2,1-2H3;1H. The lowest BCUT2D eigenvalue weighted by molar-refractivity contribution is 0.135. The second kappa shape index (κ2) is 9.23. The van der Waals surface area contributed by atoms with Gasteiger partial charge in [0.25, 0.3) is 0 Å². The molecule has 1 amide bonds. The Kier molecular flexibility index (Phi) is 7.26. The number of halogens is 1. The normalized spacial score (nSPS) is 15.3. The number of aromatic nitrogens is 2. The summed E-state index contributed by atoms with van der Waals surface area (Å²) in [6.45, 7) is 5.36. The molecule has 1 saturated heterocycles. The van der Waals surface area contributed by atoms with Crippen molar-refractivity contribution in [2.45, 2.75) is 32.2 Å². The van der Waals surface area contributed by atoms with Crippen molar-refractivity contribution in [3.05, 3.63) is 30.7 Å². The lowest BCUT2D eigenvalue weighted by Crippen LogP contribution is -2.46. The molecule has 1 aliphatic heterocycles. The van der Waals surface area contributed by atoms with Gasteiger partial charge in [0.15, 0.2) is 11.5 Å². The van der Waals surface area contributed by atoms with Gasteiger partial charge in [-0.1, -0.05) is 6.92 Å². The number of rotatable bonds is 4. The Morgan fingerprint density at radius 2 is 1.96 bits per heavy atom. The van der Waals surface area contributed by atoms with E-state index in [-0.39, 0.29) is 40.6 Å². The van der Waals surface area contributed by atoms with Gasteiger partial charge in [-0.25, -0.2) is 9.78 Å². The highest BCUT2D eigenvalue weighted by atomic mass is 79.9. The number of carbonyl (C=O) groups is 1. The first-order valence-electron chi connectivity index (χ1n) is 9.05. The average molecular weight is 439 g/mol. The van der Waals surface area contributed by atoms with E-state index >= 15 is 0 Å². The smallest absolute Gasteiger partial charge is 0.329 e. The summed E-state index contributed by atoms with van der Waals surface area (Å²) in [5.41, 5.74) is 1.21. The van der Waals surface area contributed by atoms with E-state index < -0.39 is 0 Å². The molecule has 0 bridgehead atoms. The molecule has 3 rings (SSSR count). The molecule has 0 atom stereocenters. The number of phenols is 2. The van der Waals surface area contributed by atoms with Crippen molar-refractivity contribution < 1.29 is 15.0 Å². The SMILES string of the molecule is Br.CCCN1CCC(N(C)C(=O)n2cnc(-c3ccc(O)c(O)c3)c2)CC1. The van der Waals surface area contributed by atoms with Crippen molar-refractivity contribution in [2.75, 3.05) is 26.7 Å². The molecule has 1 aliphatic rings. The molecule has 7 nitrogen and oxygen atoms in total. The second-order valence-electron chi connectivity index (χ2n) is 6.84. The van der Waals surface area contributed by atoms with Crippen molar-refractivity contribution in [2.24, 2.45) is 0 Å². The number of hydrogen-bond acceptors (Lipinski definition) is 5. The Morgan fingerprint density at radius 3 is 2.59 bits per heavy atom. The third-order valence-electron chi connectivity index (χ3n) is 5.02. The van der Waals surface area contributed by atoms with E-state index in [1.165, 1.54) is 23.0 Å². The van der Waals surface area contributed by atoms with Crippen molar-refractivity contribution in [3.63, 3.8) is 0 Å². The van der Waals surface area contributed by atoms with Gasteiger partial charge < -0.3 is 20.0 Å². The largest absolute Gasteiger partial charge is 0.504 e. The van der Waals surface area contributed by atoms with Gasteiger partial charge in [-0.15, -0.1) is 17.0 Å². The molecular weight excluding hydrogens is 412 g/mol. The van der Waals surface area contributed by atoms with Crippen LogP contribution in [0.4, 0.5) is 4.79 Å². The van der Waals surface area contributed by atoms with Gasteiger partial charge in [0.2, 0.25) is 0 Å². The van der Waals surface area contributed by atoms with E-state index in [1.54, 1.807) is 17.2 Å². The fraction of sp³-hybridized carbons (Fsp3) is 0.474. The van der Waals surface area contributed by atoms with Gasteiger partial charge in [0.1, 0.15) is 6.33 Å². The number of piperidine rings is 1. The van der Waals surface area contributed by atoms with Gasteiger partial charge in [-0.3, -0.25) is 4.57 Å². The number of benzene rings is 1. The maximum Gasteiger partial charge on any atom is 0.329 e. The molecule has 2 heterocycles. The zero-order chi connectivity index (χ0) is 18.7. The first kappa shape index (κ1) is 21.2. The minimum atomic E-state index is -0.209. The Bertz CT molecular complexity index is 772. The zero-order valence-corrected chi connectivity index (χ0v) is 17.4. The van der Waals surface area contributed by atoms with Crippen molar-refractivity contribution in [3.8, 4) is 22.8 Å². The van der Waals surface area contributed by atoms with Crippen molar-refractivity contribution in [1.29, 1.82) is 0 Å². The molecular formula is C19H27BrN4O3. The van der Waals surface area contributed by atoms with Crippen molar-refractivity contribution >= 4 is 23.0 Å². The molecule has 0 radical (unpaired) electrons. The summed E-state index contributed by atoms with van der Waals surface area (Å²) in [6, 6.07) is 4.61. The first-order valence-corrected chi connectivity index (χ1v) is 9.05. The summed E-state index contributed by atoms with van der Waals surface area (Å²) in [5.74, 6) is -0.391. The molecule has 0 unspecified atom stereocenters. The number of phenolic OH excluding ortho intramolecular Hbond substituents is 2. The minimum Gasteiger partial charge on any atom is -0.504 e. The van der Waals surface area contributed by atoms with Gasteiger partial charge in [-0.2, -0.15) is 0 Å². The maximum absolute atomic E-state index is 12.8. The third kappa shape index (κ3) is 4.81. The van der Waals surface area contributed by atoms with E-state index in [4.69, 9.17) is 0 Å². The zero-order valence-electron chi connectivity index (χ0n) is 15.7. The summed E-state index contributed by atoms with van der Waals surface area (Å²) in [5, 5.41) is 19.0. The summed E-state index contributed by atoms with van der Waals surface area (Å²) in [7, 11) is 1.84. The maximum atomic E-state index is 12.8. The van der Waals surface area contributed by atoms with Crippen LogP contribution in [0.25, 0.3) is 11.3 Å². The Hall–Kier alpha value is -2.06. The van der Waals surface area contributed by atoms with Crippen LogP contribution in [0.1, 0.15) is 26.2 Å². The summed E-state index contributed by atoms with van der Waals surface area (Å²) >= 11 is 0. The third-order valence-corrected chi connectivity index (χ3v) is 5.02. The van der Waals surface area contributed by atoms with Crippen LogP contribution in [-0.2, 0) is 0 Å². The number of imidazole rings is 1. The monoisotopic (exact) mass is 438 g/mol.